The van der Waals surface area contributed by atoms with E-state index in [1.54, 1.807) is 44.4 Å². The third-order valence-electron chi connectivity index (χ3n) is 2.52. The molecule has 1 aromatic carbocycles. The fourth-order valence-corrected chi connectivity index (χ4v) is 2.21. The van der Waals surface area contributed by atoms with Crippen LogP contribution in [0.3, 0.4) is 0 Å². The largest absolute Gasteiger partial charge is 0.345 e. The maximum Gasteiger partial charge on any atom is 0.265 e. The van der Waals surface area contributed by atoms with Crippen LogP contribution in [0.2, 0.25) is 0 Å². The van der Waals surface area contributed by atoms with Crippen LogP contribution in [0, 0.1) is 0 Å². The van der Waals surface area contributed by atoms with Crippen molar-refractivity contribution in [1.29, 1.82) is 0 Å². The van der Waals surface area contributed by atoms with E-state index in [0.29, 0.717) is 16.1 Å². The molecule has 0 unspecified atom stereocenters. The Morgan fingerprint density at radius 2 is 1.95 bits per heavy atom. The third-order valence-corrected chi connectivity index (χ3v) is 3.39. The predicted molar refractivity (Wildman–Crippen MR) is 76.7 cm³/mol. The molecule has 2 rings (SSSR count). The Kier molecular flexibility index (Phi) is 3.97. The predicted octanol–water partition coefficient (Wildman–Crippen LogP) is 2.70. The molecule has 0 saturated carbocycles. The van der Waals surface area contributed by atoms with Crippen molar-refractivity contribution in [2.24, 2.45) is 0 Å². The van der Waals surface area contributed by atoms with Crippen LogP contribution >= 0.6 is 11.3 Å². The fraction of sp³-hybridized carbons (Fsp3) is 0.143. The Morgan fingerprint density at radius 1 is 1.16 bits per heavy atom. The molecular formula is C14H14N2O2S. The lowest BCUT2D eigenvalue weighted by Gasteiger charge is -2.11. The molecule has 98 valence electrons. The van der Waals surface area contributed by atoms with Crippen molar-refractivity contribution >= 4 is 28.8 Å². The summed E-state index contributed by atoms with van der Waals surface area (Å²) in [5.74, 6) is -0.253. The number of benzene rings is 1. The average molecular weight is 274 g/mol. The van der Waals surface area contributed by atoms with E-state index in [0.717, 1.165) is 0 Å². The zero-order valence-corrected chi connectivity index (χ0v) is 11.5. The van der Waals surface area contributed by atoms with Gasteiger partial charge in [0, 0.05) is 25.3 Å². The summed E-state index contributed by atoms with van der Waals surface area (Å²) >= 11 is 1.38. The highest BCUT2D eigenvalue weighted by Gasteiger charge is 2.10. The van der Waals surface area contributed by atoms with Crippen LogP contribution in [0.15, 0.2) is 41.8 Å². The van der Waals surface area contributed by atoms with Gasteiger partial charge in [0.1, 0.15) is 0 Å². The highest BCUT2D eigenvalue weighted by atomic mass is 32.1. The van der Waals surface area contributed by atoms with E-state index < -0.39 is 0 Å². The van der Waals surface area contributed by atoms with Crippen LogP contribution in [0.5, 0.6) is 0 Å². The number of carbonyl (C=O) groups is 2. The first-order chi connectivity index (χ1) is 9.08. The summed E-state index contributed by atoms with van der Waals surface area (Å²) in [5.41, 5.74) is 1.17. The zero-order valence-electron chi connectivity index (χ0n) is 10.7. The molecule has 0 saturated heterocycles. The Morgan fingerprint density at radius 3 is 2.58 bits per heavy atom. The van der Waals surface area contributed by atoms with Gasteiger partial charge in [-0.25, -0.2) is 0 Å². The molecular weight excluding hydrogens is 260 g/mol. The molecule has 2 aromatic rings. The summed E-state index contributed by atoms with van der Waals surface area (Å²) in [4.78, 5) is 25.9. The average Bonchev–Trinajstić information content (AvgIpc) is 2.92. The molecule has 0 atom stereocenters. The van der Waals surface area contributed by atoms with Crippen LogP contribution in [0.4, 0.5) is 5.69 Å². The minimum absolute atomic E-state index is 0.0905. The summed E-state index contributed by atoms with van der Waals surface area (Å²) < 4.78 is 0. The number of carbonyl (C=O) groups excluding carboxylic acids is 2. The first-order valence-electron chi connectivity index (χ1n) is 5.74. The second-order valence-corrected chi connectivity index (χ2v) is 5.16. The molecule has 5 heteroatoms. The molecule has 1 heterocycles. The van der Waals surface area contributed by atoms with E-state index in [9.17, 15) is 9.59 Å². The van der Waals surface area contributed by atoms with Gasteiger partial charge in [0.15, 0.2) is 0 Å². The van der Waals surface area contributed by atoms with Crippen LogP contribution in [-0.2, 0) is 0 Å². The molecule has 0 bridgehead atoms. The van der Waals surface area contributed by atoms with Gasteiger partial charge < -0.3 is 10.2 Å². The fourth-order valence-electron chi connectivity index (χ4n) is 1.59. The zero-order chi connectivity index (χ0) is 13.8. The van der Waals surface area contributed by atoms with Crippen LogP contribution in [0.1, 0.15) is 20.0 Å². The van der Waals surface area contributed by atoms with E-state index in [1.165, 1.54) is 16.2 Å². The lowest BCUT2D eigenvalue weighted by molar-refractivity contribution is 0.0827. The molecule has 0 fully saturated rings. The van der Waals surface area contributed by atoms with E-state index >= 15 is 0 Å². The van der Waals surface area contributed by atoms with Gasteiger partial charge in [-0.15, -0.1) is 11.3 Å². The number of rotatable bonds is 3. The van der Waals surface area contributed by atoms with E-state index in [1.807, 2.05) is 11.4 Å². The second kappa shape index (κ2) is 5.67. The number of nitrogens with zero attached hydrogens (tertiary/aromatic N) is 1. The summed E-state index contributed by atoms with van der Waals surface area (Å²) in [5, 5.41) is 4.63. The van der Waals surface area contributed by atoms with Crippen molar-refractivity contribution in [3.8, 4) is 0 Å². The Hall–Kier alpha value is -2.14. The maximum atomic E-state index is 11.9. The van der Waals surface area contributed by atoms with E-state index in [2.05, 4.69) is 5.32 Å². The summed E-state index contributed by atoms with van der Waals surface area (Å²) in [7, 11) is 3.39. The standard InChI is InChI=1S/C14H14N2O2S/c1-16(2)14(18)10-5-3-6-11(9-10)15-13(17)12-7-4-8-19-12/h3-9H,1-2H3,(H,15,17). The molecule has 2 amide bonds. The van der Waals surface area contributed by atoms with Crippen LogP contribution in [0.25, 0.3) is 0 Å². The summed E-state index contributed by atoms with van der Waals surface area (Å²) in [6.45, 7) is 0. The highest BCUT2D eigenvalue weighted by molar-refractivity contribution is 7.12. The molecule has 19 heavy (non-hydrogen) atoms. The second-order valence-electron chi connectivity index (χ2n) is 4.21. The first-order valence-corrected chi connectivity index (χ1v) is 6.62. The number of hydrogen-bond acceptors (Lipinski definition) is 3. The van der Waals surface area contributed by atoms with E-state index in [-0.39, 0.29) is 11.8 Å². The van der Waals surface area contributed by atoms with Crippen molar-refractivity contribution in [3.63, 3.8) is 0 Å². The first kappa shape index (κ1) is 13.3. The molecule has 0 radical (unpaired) electrons. The number of amides is 2. The van der Waals surface area contributed by atoms with Gasteiger partial charge in [-0.2, -0.15) is 0 Å². The SMILES string of the molecule is CN(C)C(=O)c1cccc(NC(=O)c2cccs2)c1. The molecule has 4 nitrogen and oxygen atoms in total. The smallest absolute Gasteiger partial charge is 0.265 e. The van der Waals surface area contributed by atoms with Gasteiger partial charge in [-0.05, 0) is 29.6 Å². The topological polar surface area (TPSA) is 49.4 Å². The highest BCUT2D eigenvalue weighted by Crippen LogP contribution is 2.15. The Balaban J connectivity index is 2.16. The van der Waals surface area contributed by atoms with Gasteiger partial charge in [-0.3, -0.25) is 9.59 Å². The van der Waals surface area contributed by atoms with Crippen molar-refractivity contribution in [2.45, 2.75) is 0 Å². The minimum atomic E-state index is -0.163. The van der Waals surface area contributed by atoms with E-state index in [4.69, 9.17) is 0 Å². The van der Waals surface area contributed by atoms with Gasteiger partial charge in [0.05, 0.1) is 4.88 Å². The Labute approximate surface area is 115 Å². The summed E-state index contributed by atoms with van der Waals surface area (Å²) in [6, 6.07) is 10.5. The van der Waals surface area contributed by atoms with Crippen molar-refractivity contribution in [1.82, 2.24) is 4.90 Å². The molecule has 0 aliphatic rings. The quantitative estimate of drug-likeness (QED) is 0.935. The monoisotopic (exact) mass is 274 g/mol. The molecule has 0 aliphatic heterocycles. The molecule has 1 N–H and O–H groups in total. The van der Waals surface area contributed by atoms with Crippen molar-refractivity contribution in [3.05, 3.63) is 52.2 Å². The minimum Gasteiger partial charge on any atom is -0.345 e. The molecule has 0 spiro atoms. The number of thiophene rings is 1. The van der Waals surface area contributed by atoms with Crippen molar-refractivity contribution in [2.75, 3.05) is 19.4 Å². The number of nitrogens with one attached hydrogen (secondary N) is 1. The van der Waals surface area contributed by atoms with Gasteiger partial charge in [-0.1, -0.05) is 12.1 Å². The Bertz CT molecular complexity index is 591. The molecule has 1 aromatic heterocycles. The molecule has 0 aliphatic carbocycles. The van der Waals surface area contributed by atoms with Crippen molar-refractivity contribution < 1.29 is 9.59 Å². The van der Waals surface area contributed by atoms with Gasteiger partial charge >= 0.3 is 0 Å². The number of anilines is 1. The number of hydrogen-bond donors (Lipinski definition) is 1. The maximum absolute atomic E-state index is 11.9. The summed E-state index contributed by atoms with van der Waals surface area (Å²) in [6.07, 6.45) is 0. The normalized spacial score (nSPS) is 10.0. The van der Waals surface area contributed by atoms with Crippen LogP contribution in [-0.4, -0.2) is 30.8 Å². The van der Waals surface area contributed by atoms with Gasteiger partial charge in [0.2, 0.25) is 0 Å². The van der Waals surface area contributed by atoms with Crippen LogP contribution < -0.4 is 5.32 Å². The lowest BCUT2D eigenvalue weighted by atomic mass is 10.2. The third kappa shape index (κ3) is 3.20. The lowest BCUT2D eigenvalue weighted by Crippen LogP contribution is -2.21. The van der Waals surface area contributed by atoms with Gasteiger partial charge in [0.25, 0.3) is 11.8 Å².